The Morgan fingerprint density at radius 3 is 2.68 bits per heavy atom. The molecule has 0 radical (unpaired) electrons. The van der Waals surface area contributed by atoms with Crippen LogP contribution in [0.5, 0.6) is 0 Å². The fraction of sp³-hybridized carbons (Fsp3) is 0.375. The molecule has 2 N–H and O–H groups in total. The molecule has 1 aromatic carbocycles. The van der Waals surface area contributed by atoms with Gasteiger partial charge in [-0.1, -0.05) is 35.5 Å². The second-order valence-corrected chi connectivity index (χ2v) is 7.96. The summed E-state index contributed by atoms with van der Waals surface area (Å²) in [5.74, 6) is 1.55. The van der Waals surface area contributed by atoms with Gasteiger partial charge in [0.25, 0.3) is 0 Å². The van der Waals surface area contributed by atoms with Crippen LogP contribution in [0.25, 0.3) is 11.3 Å². The highest BCUT2D eigenvalue weighted by Gasteiger charge is 2.41. The summed E-state index contributed by atoms with van der Waals surface area (Å²) < 4.78 is 11.2. The largest absolute Gasteiger partial charge is 0.381 e. The lowest BCUT2D eigenvalue weighted by atomic mass is 9.75. The summed E-state index contributed by atoms with van der Waals surface area (Å²) in [6.45, 7) is 4.31. The first kappa shape index (κ1) is 21.1. The first-order chi connectivity index (χ1) is 15.2. The van der Waals surface area contributed by atoms with Crippen LogP contribution in [0.15, 0.2) is 59.3 Å². The van der Waals surface area contributed by atoms with Crippen molar-refractivity contribution in [3.63, 3.8) is 0 Å². The maximum absolute atomic E-state index is 13.2. The van der Waals surface area contributed by atoms with Crippen LogP contribution in [0.3, 0.4) is 0 Å². The average Bonchev–Trinajstić information content (AvgIpc) is 3.26. The monoisotopic (exact) mass is 420 g/mol. The Labute approximate surface area is 182 Å². The Bertz CT molecular complexity index is 997. The SMILES string of the molecule is Cc1ccccc1-c1cc(CC2(C(=O)NCCNc3ccccn3)CCOCC2)on1. The van der Waals surface area contributed by atoms with E-state index in [0.29, 0.717) is 45.6 Å². The van der Waals surface area contributed by atoms with Crippen LogP contribution in [0.1, 0.15) is 24.2 Å². The lowest BCUT2D eigenvalue weighted by Crippen LogP contribution is -2.47. The van der Waals surface area contributed by atoms with Crippen LogP contribution in [-0.4, -0.2) is 42.4 Å². The van der Waals surface area contributed by atoms with E-state index in [1.54, 1.807) is 6.20 Å². The Morgan fingerprint density at radius 1 is 1.10 bits per heavy atom. The van der Waals surface area contributed by atoms with Gasteiger partial charge in [-0.15, -0.1) is 0 Å². The number of carbonyl (C=O) groups is 1. The van der Waals surface area contributed by atoms with E-state index in [2.05, 4.69) is 33.8 Å². The number of hydrogen-bond donors (Lipinski definition) is 2. The van der Waals surface area contributed by atoms with Gasteiger partial charge in [-0.3, -0.25) is 4.79 Å². The Balaban J connectivity index is 1.40. The molecule has 162 valence electrons. The van der Waals surface area contributed by atoms with Gasteiger partial charge in [0.1, 0.15) is 17.3 Å². The number of pyridine rings is 1. The number of ether oxygens (including phenoxy) is 1. The number of carbonyl (C=O) groups excluding carboxylic acids is 1. The minimum absolute atomic E-state index is 0.0347. The molecule has 2 aromatic heterocycles. The average molecular weight is 421 g/mol. The molecule has 0 aliphatic carbocycles. The molecule has 7 nitrogen and oxygen atoms in total. The Hall–Kier alpha value is -3.19. The number of amides is 1. The molecule has 0 spiro atoms. The third-order valence-electron chi connectivity index (χ3n) is 5.81. The number of rotatable bonds is 8. The van der Waals surface area contributed by atoms with E-state index in [1.807, 2.05) is 42.5 Å². The van der Waals surface area contributed by atoms with Gasteiger partial charge in [-0.25, -0.2) is 4.98 Å². The zero-order valence-electron chi connectivity index (χ0n) is 17.8. The lowest BCUT2D eigenvalue weighted by Gasteiger charge is -2.35. The van der Waals surface area contributed by atoms with Crippen LogP contribution in [0, 0.1) is 12.3 Å². The summed E-state index contributed by atoms with van der Waals surface area (Å²) in [6, 6.07) is 15.7. The highest BCUT2D eigenvalue weighted by Crippen LogP contribution is 2.36. The number of aromatic nitrogens is 2. The van der Waals surface area contributed by atoms with Crippen LogP contribution >= 0.6 is 0 Å². The third kappa shape index (κ3) is 5.11. The smallest absolute Gasteiger partial charge is 0.226 e. The summed E-state index contributed by atoms with van der Waals surface area (Å²) in [4.78, 5) is 17.4. The van der Waals surface area contributed by atoms with E-state index in [1.165, 1.54) is 0 Å². The zero-order valence-corrected chi connectivity index (χ0v) is 17.8. The molecule has 1 saturated heterocycles. The predicted octanol–water partition coefficient (Wildman–Crippen LogP) is 3.61. The van der Waals surface area contributed by atoms with Crippen molar-refractivity contribution in [3.05, 3.63) is 66.1 Å². The van der Waals surface area contributed by atoms with Crippen molar-refractivity contribution in [2.75, 3.05) is 31.6 Å². The van der Waals surface area contributed by atoms with E-state index in [0.717, 1.165) is 28.4 Å². The predicted molar refractivity (Wildman–Crippen MR) is 119 cm³/mol. The molecule has 0 unspecified atom stereocenters. The van der Waals surface area contributed by atoms with E-state index in [-0.39, 0.29) is 5.91 Å². The van der Waals surface area contributed by atoms with E-state index in [4.69, 9.17) is 9.26 Å². The Kier molecular flexibility index (Phi) is 6.62. The van der Waals surface area contributed by atoms with Crippen molar-refractivity contribution in [2.24, 2.45) is 5.41 Å². The third-order valence-corrected chi connectivity index (χ3v) is 5.81. The molecular weight excluding hydrogens is 392 g/mol. The number of hydrogen-bond acceptors (Lipinski definition) is 6. The highest BCUT2D eigenvalue weighted by atomic mass is 16.5. The molecule has 0 bridgehead atoms. The first-order valence-electron chi connectivity index (χ1n) is 10.7. The van der Waals surface area contributed by atoms with Gasteiger partial charge < -0.3 is 19.9 Å². The number of aryl methyl sites for hydroxylation is 1. The van der Waals surface area contributed by atoms with Crippen molar-refractivity contribution in [2.45, 2.75) is 26.2 Å². The molecule has 3 aromatic rings. The molecule has 7 heteroatoms. The molecule has 1 fully saturated rings. The maximum atomic E-state index is 13.2. The first-order valence-corrected chi connectivity index (χ1v) is 10.7. The summed E-state index contributed by atoms with van der Waals surface area (Å²) in [7, 11) is 0. The quantitative estimate of drug-likeness (QED) is 0.541. The molecular formula is C24H28N4O3. The molecule has 1 aliphatic heterocycles. The number of benzene rings is 1. The molecule has 0 saturated carbocycles. The fourth-order valence-corrected chi connectivity index (χ4v) is 3.98. The highest BCUT2D eigenvalue weighted by molar-refractivity contribution is 5.83. The lowest BCUT2D eigenvalue weighted by molar-refractivity contribution is -0.136. The summed E-state index contributed by atoms with van der Waals surface area (Å²) in [5.41, 5.74) is 2.44. The van der Waals surface area contributed by atoms with E-state index in [9.17, 15) is 4.79 Å². The zero-order chi connectivity index (χ0) is 21.5. The number of nitrogens with one attached hydrogen (secondary N) is 2. The van der Waals surface area contributed by atoms with Gasteiger partial charge in [0, 0.05) is 50.6 Å². The number of nitrogens with zero attached hydrogens (tertiary/aromatic N) is 2. The van der Waals surface area contributed by atoms with Crippen molar-refractivity contribution in [1.82, 2.24) is 15.5 Å². The molecule has 4 rings (SSSR count). The van der Waals surface area contributed by atoms with Gasteiger partial charge in [0.15, 0.2) is 0 Å². The van der Waals surface area contributed by atoms with Crippen molar-refractivity contribution >= 4 is 11.7 Å². The Morgan fingerprint density at radius 2 is 1.90 bits per heavy atom. The normalized spacial score (nSPS) is 15.4. The van der Waals surface area contributed by atoms with Crippen LogP contribution in [0.4, 0.5) is 5.82 Å². The minimum atomic E-state index is -0.550. The molecule has 31 heavy (non-hydrogen) atoms. The van der Waals surface area contributed by atoms with Crippen molar-refractivity contribution in [3.8, 4) is 11.3 Å². The van der Waals surface area contributed by atoms with Gasteiger partial charge in [0.2, 0.25) is 5.91 Å². The fourth-order valence-electron chi connectivity index (χ4n) is 3.98. The molecule has 3 heterocycles. The van der Waals surface area contributed by atoms with E-state index < -0.39 is 5.41 Å². The molecule has 0 atom stereocenters. The standard InChI is InChI=1S/C24H28N4O3/c1-18-6-2-3-7-20(18)21-16-19(31-28-21)17-24(9-14-30-15-10-24)23(29)27-13-12-26-22-8-4-5-11-25-22/h2-8,11,16H,9-10,12-15,17H2,1H3,(H,25,26)(H,27,29). The van der Waals surface area contributed by atoms with Crippen molar-refractivity contribution < 1.29 is 14.1 Å². The van der Waals surface area contributed by atoms with Gasteiger partial charge in [-0.05, 0) is 37.5 Å². The second kappa shape index (κ2) is 9.75. The van der Waals surface area contributed by atoms with Gasteiger partial charge in [-0.2, -0.15) is 0 Å². The maximum Gasteiger partial charge on any atom is 0.226 e. The van der Waals surface area contributed by atoms with E-state index >= 15 is 0 Å². The minimum Gasteiger partial charge on any atom is -0.381 e. The van der Waals surface area contributed by atoms with Crippen LogP contribution < -0.4 is 10.6 Å². The van der Waals surface area contributed by atoms with Crippen LogP contribution in [-0.2, 0) is 16.0 Å². The summed E-state index contributed by atoms with van der Waals surface area (Å²) in [6.07, 6.45) is 3.56. The summed E-state index contributed by atoms with van der Waals surface area (Å²) >= 11 is 0. The topological polar surface area (TPSA) is 89.3 Å². The van der Waals surface area contributed by atoms with Crippen molar-refractivity contribution in [1.29, 1.82) is 0 Å². The molecule has 1 aliphatic rings. The summed E-state index contributed by atoms with van der Waals surface area (Å²) in [5, 5.41) is 10.6. The number of anilines is 1. The van der Waals surface area contributed by atoms with Crippen LogP contribution in [0.2, 0.25) is 0 Å². The second-order valence-electron chi connectivity index (χ2n) is 7.96. The van der Waals surface area contributed by atoms with Gasteiger partial charge >= 0.3 is 0 Å². The van der Waals surface area contributed by atoms with Gasteiger partial charge in [0.05, 0.1) is 5.41 Å². The molecule has 1 amide bonds.